The summed E-state index contributed by atoms with van der Waals surface area (Å²) in [5, 5.41) is 13.3. The van der Waals surface area contributed by atoms with E-state index in [2.05, 4.69) is 19.2 Å². The zero-order valence-corrected chi connectivity index (χ0v) is 18.7. The van der Waals surface area contributed by atoms with E-state index in [-0.39, 0.29) is 13.2 Å². The predicted octanol–water partition coefficient (Wildman–Crippen LogP) is 5.23. The van der Waals surface area contributed by atoms with Gasteiger partial charge in [0.1, 0.15) is 16.5 Å². The summed E-state index contributed by atoms with van der Waals surface area (Å²) < 4.78 is 10.9. The summed E-state index contributed by atoms with van der Waals surface area (Å²) in [7, 11) is 0. The molecule has 1 aliphatic heterocycles. The molecule has 1 aliphatic rings. The summed E-state index contributed by atoms with van der Waals surface area (Å²) in [5.74, 6) is 2.53. The Hall–Kier alpha value is -2.87. The highest BCUT2D eigenvalue weighted by molar-refractivity contribution is 7.18. The largest absolute Gasteiger partial charge is 0.481 e. The highest BCUT2D eigenvalue weighted by atomic mass is 32.1. The quantitative estimate of drug-likeness (QED) is 0.416. The van der Waals surface area contributed by atoms with Crippen LogP contribution in [0.1, 0.15) is 53.9 Å². The summed E-state index contributed by atoms with van der Waals surface area (Å²) in [6.07, 6.45) is 4.61. The molecule has 2 N–H and O–H groups in total. The van der Waals surface area contributed by atoms with Crippen molar-refractivity contribution in [3.63, 3.8) is 0 Å². The predicted molar refractivity (Wildman–Crippen MR) is 121 cm³/mol. The summed E-state index contributed by atoms with van der Waals surface area (Å²) in [4.78, 5) is 22.5. The Labute approximate surface area is 185 Å². The third kappa shape index (κ3) is 5.07. The smallest absolute Gasteiger partial charge is 0.303 e. The Morgan fingerprint density at radius 3 is 2.77 bits per heavy atom. The number of aryl methyl sites for hydroxylation is 3. The number of nitrogens with one attached hydrogen (secondary N) is 1. The fourth-order valence-electron chi connectivity index (χ4n) is 3.68. The van der Waals surface area contributed by atoms with Crippen molar-refractivity contribution in [2.75, 3.05) is 12.1 Å². The number of hydrogen-bond donors (Lipinski definition) is 2. The van der Waals surface area contributed by atoms with Crippen LogP contribution in [0.15, 0.2) is 18.2 Å². The van der Waals surface area contributed by atoms with Crippen LogP contribution in [0.5, 0.6) is 11.5 Å². The molecule has 2 aromatic heterocycles. The van der Waals surface area contributed by atoms with Gasteiger partial charge in [-0.15, -0.1) is 11.3 Å². The molecule has 7 nitrogen and oxygen atoms in total. The second kappa shape index (κ2) is 9.51. The minimum Gasteiger partial charge on any atom is -0.481 e. The summed E-state index contributed by atoms with van der Waals surface area (Å²) in [6.45, 7) is 5.13. The molecule has 31 heavy (non-hydrogen) atoms. The molecule has 0 amide bonds. The molecule has 0 spiro atoms. The Kier molecular flexibility index (Phi) is 6.56. The van der Waals surface area contributed by atoms with Crippen LogP contribution in [0.4, 0.5) is 5.82 Å². The minimum atomic E-state index is -0.726. The van der Waals surface area contributed by atoms with Crippen molar-refractivity contribution in [2.45, 2.75) is 58.9 Å². The van der Waals surface area contributed by atoms with Crippen LogP contribution < -0.4 is 14.8 Å². The van der Waals surface area contributed by atoms with E-state index in [1.54, 1.807) is 11.3 Å². The zero-order valence-electron chi connectivity index (χ0n) is 17.9. The number of unbranched alkanes of at least 4 members (excludes halogenated alkanes) is 3. The molecule has 0 atom stereocenters. The van der Waals surface area contributed by atoms with E-state index >= 15 is 0 Å². The molecule has 0 radical (unpaired) electrons. The first kappa shape index (κ1) is 21.4. The molecule has 0 unspecified atom stereocenters. The lowest BCUT2D eigenvalue weighted by molar-refractivity contribution is -0.137. The van der Waals surface area contributed by atoms with Gasteiger partial charge in [-0.25, -0.2) is 9.97 Å². The van der Waals surface area contributed by atoms with Crippen molar-refractivity contribution in [1.29, 1.82) is 0 Å². The molecule has 1 aromatic carbocycles. The Bertz CT molecular complexity index is 1100. The van der Waals surface area contributed by atoms with E-state index in [0.29, 0.717) is 6.54 Å². The average Bonchev–Trinajstić information content (AvgIpc) is 3.32. The number of ether oxygens (including phenoxy) is 2. The van der Waals surface area contributed by atoms with Crippen LogP contribution >= 0.6 is 11.3 Å². The van der Waals surface area contributed by atoms with Gasteiger partial charge in [0.05, 0.1) is 5.39 Å². The van der Waals surface area contributed by atoms with Crippen LogP contribution in [0.25, 0.3) is 10.2 Å². The molecule has 0 saturated heterocycles. The average molecular weight is 442 g/mol. The minimum absolute atomic E-state index is 0.240. The van der Waals surface area contributed by atoms with E-state index < -0.39 is 5.97 Å². The maximum atomic E-state index is 10.6. The number of carboxylic acids is 1. The monoisotopic (exact) mass is 441 g/mol. The van der Waals surface area contributed by atoms with Crippen LogP contribution in [0, 0.1) is 13.8 Å². The fraction of sp³-hybridized carbons (Fsp3) is 0.435. The van der Waals surface area contributed by atoms with Crippen molar-refractivity contribution in [1.82, 2.24) is 9.97 Å². The van der Waals surface area contributed by atoms with Gasteiger partial charge in [0.15, 0.2) is 11.5 Å². The number of anilines is 1. The molecule has 164 valence electrons. The van der Waals surface area contributed by atoms with Crippen LogP contribution in [-0.4, -0.2) is 27.8 Å². The zero-order chi connectivity index (χ0) is 21.8. The number of carbonyl (C=O) groups is 1. The van der Waals surface area contributed by atoms with E-state index in [1.165, 1.54) is 10.4 Å². The number of thiophene rings is 1. The molecular weight excluding hydrogens is 414 g/mol. The summed E-state index contributed by atoms with van der Waals surface area (Å²) >= 11 is 1.70. The van der Waals surface area contributed by atoms with Gasteiger partial charge in [-0.3, -0.25) is 4.79 Å². The standard InChI is InChI=1S/C23H27N3O4S/c1-14-15(2)31-23-21(14)22(24-12-16-9-10-17-18(11-16)30-13-29-17)25-19(26-23)7-5-3-4-6-8-20(27)28/h9-11H,3-8,12-13H2,1-2H3,(H,27,28)(H,24,25,26). The van der Waals surface area contributed by atoms with E-state index in [1.807, 2.05) is 18.2 Å². The first-order chi connectivity index (χ1) is 15.0. The Morgan fingerprint density at radius 2 is 1.94 bits per heavy atom. The van der Waals surface area contributed by atoms with Crippen molar-refractivity contribution in [2.24, 2.45) is 0 Å². The SMILES string of the molecule is Cc1sc2nc(CCCCCCC(=O)O)nc(NCc3ccc4c(c3)OCO4)c2c1C. The van der Waals surface area contributed by atoms with E-state index in [4.69, 9.17) is 24.5 Å². The van der Waals surface area contributed by atoms with E-state index in [9.17, 15) is 4.79 Å². The van der Waals surface area contributed by atoms with Crippen molar-refractivity contribution in [3.8, 4) is 11.5 Å². The number of rotatable bonds is 10. The molecule has 0 aliphatic carbocycles. The normalized spacial score (nSPS) is 12.5. The number of aromatic nitrogens is 2. The molecule has 4 rings (SSSR count). The van der Waals surface area contributed by atoms with E-state index in [0.717, 1.165) is 71.0 Å². The van der Waals surface area contributed by atoms with Gasteiger partial charge in [-0.2, -0.15) is 0 Å². The lowest BCUT2D eigenvalue weighted by Crippen LogP contribution is -2.06. The second-order valence-electron chi connectivity index (χ2n) is 7.80. The van der Waals surface area contributed by atoms with Crippen LogP contribution in [-0.2, 0) is 17.8 Å². The summed E-state index contributed by atoms with van der Waals surface area (Å²) in [6, 6.07) is 5.96. The van der Waals surface area contributed by atoms with Gasteiger partial charge in [-0.1, -0.05) is 18.9 Å². The topological polar surface area (TPSA) is 93.6 Å². The number of nitrogens with zero attached hydrogens (tertiary/aromatic N) is 2. The number of aliphatic carboxylic acids is 1. The van der Waals surface area contributed by atoms with Gasteiger partial charge in [0, 0.05) is 24.3 Å². The molecular formula is C23H27N3O4S. The summed E-state index contributed by atoms with van der Waals surface area (Å²) in [5.41, 5.74) is 2.31. The molecule has 0 saturated carbocycles. The molecule has 0 fully saturated rings. The maximum Gasteiger partial charge on any atom is 0.303 e. The third-order valence-electron chi connectivity index (χ3n) is 5.51. The van der Waals surface area contributed by atoms with Gasteiger partial charge < -0.3 is 19.9 Å². The Balaban J connectivity index is 1.46. The molecule has 8 heteroatoms. The third-order valence-corrected chi connectivity index (χ3v) is 6.61. The maximum absolute atomic E-state index is 10.6. The highest BCUT2D eigenvalue weighted by Crippen LogP contribution is 2.35. The van der Waals surface area contributed by atoms with Gasteiger partial charge in [-0.05, 0) is 49.9 Å². The second-order valence-corrected chi connectivity index (χ2v) is 9.00. The van der Waals surface area contributed by atoms with Crippen molar-refractivity contribution < 1.29 is 19.4 Å². The van der Waals surface area contributed by atoms with Crippen molar-refractivity contribution >= 4 is 33.3 Å². The first-order valence-electron chi connectivity index (χ1n) is 10.6. The molecule has 3 heterocycles. The van der Waals surface area contributed by atoms with Gasteiger partial charge >= 0.3 is 5.97 Å². The number of benzene rings is 1. The molecule has 3 aromatic rings. The lowest BCUT2D eigenvalue weighted by atomic mass is 10.1. The highest BCUT2D eigenvalue weighted by Gasteiger charge is 2.16. The van der Waals surface area contributed by atoms with Gasteiger partial charge in [0.2, 0.25) is 6.79 Å². The number of carboxylic acid groups (broad SMARTS) is 1. The lowest BCUT2D eigenvalue weighted by Gasteiger charge is -2.10. The van der Waals surface area contributed by atoms with Crippen LogP contribution in [0.3, 0.4) is 0 Å². The fourth-order valence-corrected chi connectivity index (χ4v) is 4.73. The van der Waals surface area contributed by atoms with Crippen molar-refractivity contribution in [3.05, 3.63) is 40.0 Å². The number of fused-ring (bicyclic) bond motifs is 2. The van der Waals surface area contributed by atoms with Gasteiger partial charge in [0.25, 0.3) is 0 Å². The van der Waals surface area contributed by atoms with Crippen LogP contribution in [0.2, 0.25) is 0 Å². The first-order valence-corrected chi connectivity index (χ1v) is 11.4. The number of hydrogen-bond acceptors (Lipinski definition) is 7. The Morgan fingerprint density at radius 1 is 1.13 bits per heavy atom. The molecule has 0 bridgehead atoms.